The molecule has 2 N–H and O–H groups in total. The summed E-state index contributed by atoms with van der Waals surface area (Å²) >= 11 is 0. The van der Waals surface area contributed by atoms with Crippen LogP contribution < -0.4 is 14.2 Å². The van der Waals surface area contributed by atoms with E-state index < -0.39 is 26.0 Å². The average molecular weight is 398 g/mol. The normalized spacial score (nSPS) is 11.6. The van der Waals surface area contributed by atoms with Gasteiger partial charge in [-0.3, -0.25) is 9.52 Å². The number of para-hydroxylation sites is 1. The van der Waals surface area contributed by atoms with Gasteiger partial charge in [-0.15, -0.1) is 0 Å². The number of benzene rings is 2. The van der Waals surface area contributed by atoms with Crippen LogP contribution in [-0.2, 0) is 24.8 Å². The quantitative estimate of drug-likeness (QED) is 0.692. The highest BCUT2D eigenvalue weighted by Gasteiger charge is 2.16. The van der Waals surface area contributed by atoms with Crippen molar-refractivity contribution in [2.45, 2.75) is 11.8 Å². The largest absolute Gasteiger partial charge is 0.492 e. The van der Waals surface area contributed by atoms with Gasteiger partial charge in [-0.05, 0) is 36.4 Å². The molecule has 0 heterocycles. The van der Waals surface area contributed by atoms with E-state index in [2.05, 4.69) is 4.72 Å². The van der Waals surface area contributed by atoms with Crippen molar-refractivity contribution >= 4 is 31.6 Å². The molecule has 2 aromatic rings. The van der Waals surface area contributed by atoms with Crippen molar-refractivity contribution in [2.24, 2.45) is 0 Å². The van der Waals surface area contributed by atoms with Crippen LogP contribution in [0.15, 0.2) is 59.5 Å². The van der Waals surface area contributed by atoms with Gasteiger partial charge in [0.2, 0.25) is 15.9 Å². The number of hydrogen-bond donors (Lipinski definition) is 2. The standard InChI is InChI=1S/C16H18N2O6S2/c1-13(19)17-26(22,23)16-9-7-14(8-10-16)18-25(20,21)12-11-24-15-5-3-2-4-6-15/h2-10,18H,11-12H2,1H3,(H,17,19). The first-order chi connectivity index (χ1) is 12.2. The molecule has 0 aliphatic carbocycles. The number of nitrogens with one attached hydrogen (secondary N) is 2. The molecule has 8 nitrogen and oxygen atoms in total. The zero-order valence-electron chi connectivity index (χ0n) is 13.9. The van der Waals surface area contributed by atoms with Gasteiger partial charge < -0.3 is 4.74 Å². The van der Waals surface area contributed by atoms with E-state index in [-0.39, 0.29) is 22.9 Å². The van der Waals surface area contributed by atoms with E-state index in [0.29, 0.717) is 5.75 Å². The fraction of sp³-hybridized carbons (Fsp3) is 0.188. The number of hydrogen-bond acceptors (Lipinski definition) is 6. The summed E-state index contributed by atoms with van der Waals surface area (Å²) in [5.41, 5.74) is 0.200. The van der Waals surface area contributed by atoms with Crippen molar-refractivity contribution in [3.05, 3.63) is 54.6 Å². The first-order valence-corrected chi connectivity index (χ1v) is 10.6. The molecule has 26 heavy (non-hydrogen) atoms. The van der Waals surface area contributed by atoms with Crippen LogP contribution in [0.4, 0.5) is 5.69 Å². The van der Waals surface area contributed by atoms with Gasteiger partial charge in [-0.1, -0.05) is 18.2 Å². The number of carbonyl (C=O) groups is 1. The molecule has 0 saturated carbocycles. The summed E-state index contributed by atoms with van der Waals surface area (Å²) in [4.78, 5) is 10.7. The van der Waals surface area contributed by atoms with Crippen LogP contribution in [0.25, 0.3) is 0 Å². The second kappa shape index (κ2) is 8.19. The van der Waals surface area contributed by atoms with Crippen molar-refractivity contribution < 1.29 is 26.4 Å². The molecular formula is C16H18N2O6S2. The zero-order chi connectivity index (χ0) is 19.2. The van der Waals surface area contributed by atoms with E-state index in [9.17, 15) is 21.6 Å². The highest BCUT2D eigenvalue weighted by atomic mass is 32.2. The van der Waals surface area contributed by atoms with Crippen LogP contribution in [0.2, 0.25) is 0 Å². The Hall–Kier alpha value is -2.59. The molecule has 0 spiro atoms. The van der Waals surface area contributed by atoms with Gasteiger partial charge in [0.25, 0.3) is 10.0 Å². The lowest BCUT2D eigenvalue weighted by molar-refractivity contribution is -0.117. The molecule has 0 saturated heterocycles. The third-order valence-electron chi connectivity index (χ3n) is 3.08. The Labute approximate surface area is 152 Å². The lowest BCUT2D eigenvalue weighted by Crippen LogP contribution is -2.28. The maximum atomic E-state index is 12.1. The van der Waals surface area contributed by atoms with Crippen LogP contribution in [0.3, 0.4) is 0 Å². The smallest absolute Gasteiger partial charge is 0.264 e. The number of rotatable bonds is 8. The van der Waals surface area contributed by atoms with Gasteiger partial charge in [0.05, 0.1) is 4.90 Å². The van der Waals surface area contributed by atoms with Crippen LogP contribution >= 0.6 is 0 Å². The minimum atomic E-state index is -3.96. The molecule has 0 atom stereocenters. The Balaban J connectivity index is 1.95. The lowest BCUT2D eigenvalue weighted by Gasteiger charge is -2.10. The molecule has 0 radical (unpaired) electrons. The Kier molecular flexibility index (Phi) is 6.22. The summed E-state index contributed by atoms with van der Waals surface area (Å²) < 4.78 is 57.3. The molecule has 0 unspecified atom stereocenters. The molecular weight excluding hydrogens is 380 g/mol. The first kappa shape index (κ1) is 19.7. The Morgan fingerprint density at radius 1 is 0.962 bits per heavy atom. The molecule has 0 fully saturated rings. The number of ether oxygens (including phenoxy) is 1. The molecule has 0 aliphatic heterocycles. The fourth-order valence-corrected chi connectivity index (χ4v) is 3.86. The van der Waals surface area contributed by atoms with Crippen molar-refractivity contribution in [3.63, 3.8) is 0 Å². The Bertz CT molecular complexity index is 956. The minimum Gasteiger partial charge on any atom is -0.492 e. The van der Waals surface area contributed by atoms with E-state index in [0.717, 1.165) is 6.92 Å². The van der Waals surface area contributed by atoms with Gasteiger partial charge in [0.1, 0.15) is 18.1 Å². The number of anilines is 1. The Morgan fingerprint density at radius 3 is 2.15 bits per heavy atom. The van der Waals surface area contributed by atoms with E-state index in [1.165, 1.54) is 24.3 Å². The van der Waals surface area contributed by atoms with Crippen LogP contribution in [-0.4, -0.2) is 35.1 Å². The van der Waals surface area contributed by atoms with Gasteiger partial charge in [-0.25, -0.2) is 21.6 Å². The summed E-state index contributed by atoms with van der Waals surface area (Å²) in [5.74, 6) is -0.420. The van der Waals surface area contributed by atoms with Gasteiger partial charge in [0, 0.05) is 12.6 Å². The molecule has 0 aliphatic rings. The summed E-state index contributed by atoms with van der Waals surface area (Å²) in [7, 11) is -7.63. The summed E-state index contributed by atoms with van der Waals surface area (Å²) in [6.45, 7) is 1.05. The van der Waals surface area contributed by atoms with E-state index in [4.69, 9.17) is 4.74 Å². The molecule has 1 amide bonds. The molecule has 10 heteroatoms. The van der Waals surface area contributed by atoms with E-state index in [1.54, 1.807) is 24.3 Å². The van der Waals surface area contributed by atoms with Gasteiger partial charge >= 0.3 is 0 Å². The third kappa shape index (κ3) is 6.05. The number of amides is 1. The highest BCUT2D eigenvalue weighted by Crippen LogP contribution is 2.15. The second-order valence-corrected chi connectivity index (χ2v) is 8.79. The molecule has 0 bridgehead atoms. The first-order valence-electron chi connectivity index (χ1n) is 7.50. The second-order valence-electron chi connectivity index (χ2n) is 5.27. The summed E-state index contributed by atoms with van der Waals surface area (Å²) in [6.07, 6.45) is 0. The van der Waals surface area contributed by atoms with E-state index in [1.807, 2.05) is 10.8 Å². The molecule has 2 aromatic carbocycles. The van der Waals surface area contributed by atoms with Crippen LogP contribution in [0.5, 0.6) is 5.75 Å². The molecule has 0 aromatic heterocycles. The maximum absolute atomic E-state index is 12.1. The van der Waals surface area contributed by atoms with Gasteiger partial charge in [-0.2, -0.15) is 0 Å². The fourth-order valence-electron chi connectivity index (χ4n) is 1.97. The number of carbonyl (C=O) groups excluding carboxylic acids is 1. The molecule has 140 valence electrons. The Morgan fingerprint density at radius 2 is 1.58 bits per heavy atom. The zero-order valence-corrected chi connectivity index (χ0v) is 15.5. The summed E-state index contributed by atoms with van der Waals surface area (Å²) in [6, 6.07) is 13.8. The van der Waals surface area contributed by atoms with E-state index >= 15 is 0 Å². The minimum absolute atomic E-state index is 0.0334. The third-order valence-corrected chi connectivity index (χ3v) is 5.78. The molecule has 2 rings (SSSR count). The van der Waals surface area contributed by atoms with Crippen molar-refractivity contribution in [1.82, 2.24) is 4.72 Å². The van der Waals surface area contributed by atoms with Crippen molar-refractivity contribution in [1.29, 1.82) is 0 Å². The topological polar surface area (TPSA) is 119 Å². The highest BCUT2D eigenvalue weighted by molar-refractivity contribution is 7.92. The lowest BCUT2D eigenvalue weighted by atomic mass is 10.3. The van der Waals surface area contributed by atoms with Gasteiger partial charge in [0.15, 0.2) is 0 Å². The average Bonchev–Trinajstić information content (AvgIpc) is 2.54. The predicted octanol–water partition coefficient (Wildman–Crippen LogP) is 1.33. The van der Waals surface area contributed by atoms with Crippen LogP contribution in [0, 0.1) is 0 Å². The maximum Gasteiger partial charge on any atom is 0.264 e. The summed E-state index contributed by atoms with van der Waals surface area (Å²) in [5, 5.41) is 0. The van der Waals surface area contributed by atoms with Crippen LogP contribution in [0.1, 0.15) is 6.92 Å². The number of sulfonamides is 2. The monoisotopic (exact) mass is 398 g/mol. The predicted molar refractivity (Wildman–Crippen MR) is 96.8 cm³/mol. The van der Waals surface area contributed by atoms with Crippen molar-refractivity contribution in [2.75, 3.05) is 17.1 Å². The van der Waals surface area contributed by atoms with Crippen molar-refractivity contribution in [3.8, 4) is 5.75 Å². The SMILES string of the molecule is CC(=O)NS(=O)(=O)c1ccc(NS(=O)(=O)CCOc2ccccc2)cc1.